The summed E-state index contributed by atoms with van der Waals surface area (Å²) in [7, 11) is -0.449. The van der Waals surface area contributed by atoms with Gasteiger partial charge in [-0.2, -0.15) is 0 Å². The van der Waals surface area contributed by atoms with Gasteiger partial charge < -0.3 is 23.7 Å². The lowest BCUT2D eigenvalue weighted by Gasteiger charge is -2.16. The van der Waals surface area contributed by atoms with Gasteiger partial charge in [0.15, 0.2) is 16.4 Å². The van der Waals surface area contributed by atoms with E-state index in [1.807, 2.05) is 6.92 Å². The van der Waals surface area contributed by atoms with Crippen LogP contribution in [-0.4, -0.2) is 64.4 Å². The maximum atomic E-state index is 11.7. The quantitative estimate of drug-likeness (QED) is 0.403. The minimum atomic E-state index is -3.31. The van der Waals surface area contributed by atoms with Gasteiger partial charge in [0.25, 0.3) is 0 Å². The van der Waals surface area contributed by atoms with E-state index in [1.54, 1.807) is 43.5 Å². The molecule has 0 spiro atoms. The summed E-state index contributed by atoms with van der Waals surface area (Å²) < 4.78 is 50.3. The Balaban J connectivity index is 1.88. The van der Waals surface area contributed by atoms with Crippen LogP contribution in [0.2, 0.25) is 0 Å². The monoisotopic (exact) mass is 490 g/mol. The molecule has 1 atom stereocenters. The highest BCUT2D eigenvalue weighted by Gasteiger charge is 2.13. The molecule has 1 heterocycles. The molecule has 182 valence electrons. The summed E-state index contributed by atoms with van der Waals surface area (Å²) in [4.78, 5) is 11.5. The van der Waals surface area contributed by atoms with Crippen LogP contribution >= 0.6 is 0 Å². The van der Waals surface area contributed by atoms with E-state index in [0.29, 0.717) is 35.1 Å². The van der Waals surface area contributed by atoms with Crippen molar-refractivity contribution in [3.63, 3.8) is 0 Å². The van der Waals surface area contributed by atoms with Crippen molar-refractivity contribution in [2.24, 2.45) is 0 Å². The van der Waals surface area contributed by atoms with Crippen LogP contribution in [0.3, 0.4) is 0 Å². The normalized spacial score (nSPS) is 12.1. The second kappa shape index (κ2) is 11.0. The number of nitrogens with one attached hydrogen (secondary N) is 1. The van der Waals surface area contributed by atoms with Gasteiger partial charge in [0.05, 0.1) is 24.3 Å². The van der Waals surface area contributed by atoms with E-state index in [9.17, 15) is 13.2 Å². The molecule has 10 nitrogen and oxygen atoms in total. The number of ether oxygens (including phenoxy) is 5. The van der Waals surface area contributed by atoms with Crippen molar-refractivity contribution < 1.29 is 36.9 Å². The zero-order valence-corrected chi connectivity index (χ0v) is 20.0. The summed E-state index contributed by atoms with van der Waals surface area (Å²) >= 11 is 0. The molecule has 2 aromatic carbocycles. The summed E-state index contributed by atoms with van der Waals surface area (Å²) in [6.07, 6.45) is 0.924. The number of aromatic nitrogens is 2. The van der Waals surface area contributed by atoms with Crippen LogP contribution in [0.4, 0.5) is 0 Å². The fourth-order valence-corrected chi connectivity index (χ4v) is 3.59. The lowest BCUT2D eigenvalue weighted by atomic mass is 10.1. The van der Waals surface area contributed by atoms with Gasteiger partial charge >= 0.3 is 5.97 Å². The molecule has 11 heteroatoms. The van der Waals surface area contributed by atoms with E-state index < -0.39 is 15.8 Å². The summed E-state index contributed by atoms with van der Waals surface area (Å²) in [6, 6.07) is 13.0. The van der Waals surface area contributed by atoms with E-state index >= 15 is 0 Å². The summed E-state index contributed by atoms with van der Waals surface area (Å²) in [5.74, 6) is 1.13. The third-order valence-electron chi connectivity index (χ3n) is 4.54. The Hall–Kier alpha value is -3.57. The molecule has 1 aromatic heterocycles. The summed E-state index contributed by atoms with van der Waals surface area (Å²) in [5.41, 5.74) is 1.28. The number of rotatable bonds is 11. The Morgan fingerprint density at radius 1 is 1.03 bits per heavy atom. The van der Waals surface area contributed by atoms with Gasteiger partial charge in [-0.15, -0.1) is 5.10 Å². The zero-order chi connectivity index (χ0) is 24.7. The number of hydrogen-bond donors (Lipinski definition) is 1. The Labute approximate surface area is 197 Å². The molecule has 0 aliphatic heterocycles. The van der Waals surface area contributed by atoms with E-state index in [4.69, 9.17) is 18.9 Å². The molecule has 0 saturated heterocycles. The first-order valence-electron chi connectivity index (χ1n) is 10.2. The SMILES string of the molecule is COCC(C)Oc1cc(Oc2ccc(S(C)(=O)=O)cc2)cc(-c2cc(OCC(=O)OC)n[nH]2)c1. The van der Waals surface area contributed by atoms with Crippen molar-refractivity contribution in [2.75, 3.05) is 33.7 Å². The third-order valence-corrected chi connectivity index (χ3v) is 5.67. The molecule has 1 unspecified atom stereocenters. The first kappa shape index (κ1) is 25.1. The van der Waals surface area contributed by atoms with Gasteiger partial charge in [-0.25, -0.2) is 13.2 Å². The topological polar surface area (TPSA) is 126 Å². The molecule has 0 fully saturated rings. The largest absolute Gasteiger partial charge is 0.488 e. The Bertz CT molecular complexity index is 1220. The van der Waals surface area contributed by atoms with Gasteiger partial charge in [0.1, 0.15) is 23.4 Å². The zero-order valence-electron chi connectivity index (χ0n) is 19.2. The molecular formula is C23H26N2O8S. The fraction of sp³-hybridized carbons (Fsp3) is 0.304. The number of aromatic amines is 1. The van der Waals surface area contributed by atoms with Crippen LogP contribution in [-0.2, 0) is 24.1 Å². The number of H-pyrrole nitrogens is 1. The van der Waals surface area contributed by atoms with Gasteiger partial charge in [-0.1, -0.05) is 0 Å². The van der Waals surface area contributed by atoms with Crippen molar-refractivity contribution in [1.29, 1.82) is 0 Å². The minimum Gasteiger partial charge on any atom is -0.488 e. The second-order valence-corrected chi connectivity index (χ2v) is 9.42. The van der Waals surface area contributed by atoms with Gasteiger partial charge in [0, 0.05) is 31.1 Å². The second-order valence-electron chi connectivity index (χ2n) is 7.41. The van der Waals surface area contributed by atoms with Crippen molar-refractivity contribution in [2.45, 2.75) is 17.9 Å². The van der Waals surface area contributed by atoms with Crippen LogP contribution in [0.1, 0.15) is 6.92 Å². The highest BCUT2D eigenvalue weighted by molar-refractivity contribution is 7.90. The van der Waals surface area contributed by atoms with Gasteiger partial charge in [0.2, 0.25) is 5.88 Å². The maximum Gasteiger partial charge on any atom is 0.343 e. The predicted octanol–water partition coefficient (Wildman–Crippen LogP) is 3.24. The van der Waals surface area contributed by atoms with Crippen LogP contribution in [0.5, 0.6) is 23.1 Å². The van der Waals surface area contributed by atoms with Gasteiger partial charge in [-0.3, -0.25) is 5.10 Å². The fourth-order valence-electron chi connectivity index (χ4n) is 2.96. The summed E-state index contributed by atoms with van der Waals surface area (Å²) in [6.45, 7) is 1.99. The Morgan fingerprint density at radius 3 is 2.38 bits per heavy atom. The number of benzene rings is 2. The molecule has 1 N–H and O–H groups in total. The number of carbonyl (C=O) groups excluding carboxylic acids is 1. The van der Waals surface area contributed by atoms with Crippen LogP contribution in [0.15, 0.2) is 53.4 Å². The molecule has 0 radical (unpaired) electrons. The molecular weight excluding hydrogens is 464 g/mol. The first-order valence-corrected chi connectivity index (χ1v) is 12.1. The highest BCUT2D eigenvalue weighted by atomic mass is 32.2. The molecule has 0 saturated carbocycles. The average Bonchev–Trinajstić information content (AvgIpc) is 3.26. The van der Waals surface area contributed by atoms with Crippen molar-refractivity contribution in [3.8, 4) is 34.4 Å². The van der Waals surface area contributed by atoms with Crippen molar-refractivity contribution in [3.05, 3.63) is 48.5 Å². The Kier molecular flexibility index (Phi) is 8.13. The Morgan fingerprint density at radius 2 is 1.74 bits per heavy atom. The molecule has 3 aromatic rings. The number of hydrogen-bond acceptors (Lipinski definition) is 9. The molecule has 0 aliphatic rings. The molecule has 34 heavy (non-hydrogen) atoms. The van der Waals surface area contributed by atoms with Crippen LogP contribution in [0.25, 0.3) is 11.3 Å². The van der Waals surface area contributed by atoms with Crippen molar-refractivity contribution in [1.82, 2.24) is 10.2 Å². The predicted molar refractivity (Wildman–Crippen MR) is 123 cm³/mol. The van der Waals surface area contributed by atoms with E-state index in [-0.39, 0.29) is 23.5 Å². The number of esters is 1. The highest BCUT2D eigenvalue weighted by Crippen LogP contribution is 2.33. The molecule has 0 aliphatic carbocycles. The molecule has 3 rings (SSSR count). The lowest BCUT2D eigenvalue weighted by molar-refractivity contribution is -0.143. The minimum absolute atomic E-state index is 0.197. The third kappa shape index (κ3) is 6.96. The number of methoxy groups -OCH3 is 2. The first-order chi connectivity index (χ1) is 16.2. The summed E-state index contributed by atoms with van der Waals surface area (Å²) in [5, 5.41) is 6.91. The molecule has 0 amide bonds. The van der Waals surface area contributed by atoms with E-state index in [2.05, 4.69) is 14.9 Å². The van der Waals surface area contributed by atoms with E-state index in [1.165, 1.54) is 19.2 Å². The smallest absolute Gasteiger partial charge is 0.343 e. The molecule has 0 bridgehead atoms. The maximum absolute atomic E-state index is 11.7. The number of nitrogens with zero attached hydrogens (tertiary/aromatic N) is 1. The van der Waals surface area contributed by atoms with Gasteiger partial charge in [-0.05, 0) is 43.3 Å². The van der Waals surface area contributed by atoms with E-state index in [0.717, 1.165) is 6.26 Å². The van der Waals surface area contributed by atoms with Crippen LogP contribution < -0.4 is 14.2 Å². The van der Waals surface area contributed by atoms with Crippen LogP contribution in [0, 0.1) is 0 Å². The average molecular weight is 491 g/mol. The lowest BCUT2D eigenvalue weighted by Crippen LogP contribution is -2.17. The number of sulfone groups is 1. The van der Waals surface area contributed by atoms with Crippen molar-refractivity contribution >= 4 is 15.8 Å². The standard InChI is InChI=1S/C23H26N2O8S/c1-15(13-29-2)32-18-9-16(21-12-22(25-24-21)31-14-23(26)30-3)10-19(11-18)33-17-5-7-20(8-6-17)34(4,27)28/h5-12,15H,13-14H2,1-4H3,(H,24,25). The number of carbonyl (C=O) groups is 1.